The van der Waals surface area contributed by atoms with E-state index in [0.717, 1.165) is 16.5 Å². The van der Waals surface area contributed by atoms with Crippen molar-refractivity contribution < 1.29 is 13.2 Å². The number of H-pyrrole nitrogens is 1. The minimum Gasteiger partial charge on any atom is -0.361 e. The maximum atomic E-state index is 13.0. The molecule has 2 amide bonds. The third-order valence-corrected chi connectivity index (χ3v) is 9.15. The number of rotatable bonds is 6. The number of benzene rings is 2. The summed E-state index contributed by atoms with van der Waals surface area (Å²) in [5.41, 5.74) is 2.22. The number of urea groups is 1. The van der Waals surface area contributed by atoms with Gasteiger partial charge >= 0.3 is 6.03 Å². The Morgan fingerprint density at radius 1 is 0.971 bits per heavy atom. The van der Waals surface area contributed by atoms with E-state index in [1.54, 1.807) is 46.6 Å². The summed E-state index contributed by atoms with van der Waals surface area (Å²) in [5.74, 6) is 0.0276. The monoisotopic (exact) mass is 494 g/mol. The second kappa shape index (κ2) is 9.61. The molecule has 2 N–H and O–H groups in total. The first-order chi connectivity index (χ1) is 16.5. The lowest BCUT2D eigenvalue weighted by atomic mass is 9.97. The van der Waals surface area contributed by atoms with Crippen LogP contribution in [0.3, 0.4) is 0 Å². The third kappa shape index (κ3) is 4.46. The van der Waals surface area contributed by atoms with Crippen molar-refractivity contribution in [1.29, 1.82) is 0 Å². The number of fused-ring (bicyclic) bond motifs is 1. The largest absolute Gasteiger partial charge is 0.361 e. The number of carbonyl (C=O) groups is 1. The molecule has 1 unspecified atom stereocenters. The fraction of sp³-hybridized carbons (Fsp3) is 0.240. The molecule has 7 nitrogen and oxygen atoms in total. The van der Waals surface area contributed by atoms with Crippen LogP contribution in [0.4, 0.5) is 4.79 Å². The predicted molar refractivity (Wildman–Crippen MR) is 135 cm³/mol. The average Bonchev–Trinajstić information content (AvgIpc) is 3.56. The fourth-order valence-electron chi connectivity index (χ4n) is 4.41. The molecule has 2 aromatic heterocycles. The van der Waals surface area contributed by atoms with Crippen LogP contribution < -0.4 is 5.32 Å². The summed E-state index contributed by atoms with van der Waals surface area (Å²) in [6, 6.07) is 20.5. The average molecular weight is 495 g/mol. The van der Waals surface area contributed by atoms with Crippen LogP contribution in [-0.4, -0.2) is 61.4 Å². The summed E-state index contributed by atoms with van der Waals surface area (Å²) < 4.78 is 27.2. The minimum absolute atomic E-state index is 0.0276. The van der Waals surface area contributed by atoms with Crippen LogP contribution in [0.15, 0.2) is 83.2 Å². The Hall–Kier alpha value is -3.14. The van der Waals surface area contributed by atoms with Gasteiger partial charge < -0.3 is 15.2 Å². The summed E-state index contributed by atoms with van der Waals surface area (Å²) in [6.45, 7) is 1.73. The number of amides is 2. The van der Waals surface area contributed by atoms with Gasteiger partial charge in [0.1, 0.15) is 0 Å². The first-order valence-electron chi connectivity index (χ1n) is 11.2. The van der Waals surface area contributed by atoms with Crippen LogP contribution in [-0.2, 0) is 10.0 Å². The Morgan fingerprint density at radius 2 is 1.71 bits per heavy atom. The molecule has 0 spiro atoms. The molecule has 34 heavy (non-hydrogen) atoms. The number of hydrogen-bond donors (Lipinski definition) is 2. The van der Waals surface area contributed by atoms with Crippen molar-refractivity contribution in [3.8, 4) is 0 Å². The van der Waals surface area contributed by atoms with E-state index < -0.39 is 10.0 Å². The Balaban J connectivity index is 1.25. The molecule has 2 aromatic carbocycles. The van der Waals surface area contributed by atoms with Crippen molar-refractivity contribution >= 4 is 38.3 Å². The van der Waals surface area contributed by atoms with Gasteiger partial charge in [0.25, 0.3) is 0 Å². The van der Waals surface area contributed by atoms with E-state index in [4.69, 9.17) is 0 Å². The summed E-state index contributed by atoms with van der Waals surface area (Å²) in [6.07, 6.45) is 2.02. The van der Waals surface area contributed by atoms with Gasteiger partial charge in [0, 0.05) is 60.6 Å². The zero-order chi connectivity index (χ0) is 23.5. The fourth-order valence-corrected chi connectivity index (χ4v) is 6.70. The Morgan fingerprint density at radius 3 is 2.44 bits per heavy atom. The molecule has 0 radical (unpaired) electrons. The molecule has 4 aromatic rings. The molecule has 1 fully saturated rings. The molecule has 0 saturated carbocycles. The Kier molecular flexibility index (Phi) is 6.40. The van der Waals surface area contributed by atoms with E-state index in [9.17, 15) is 13.2 Å². The van der Waals surface area contributed by atoms with Crippen molar-refractivity contribution in [3.05, 3.63) is 88.7 Å². The zero-order valence-electron chi connectivity index (χ0n) is 18.6. The molecule has 1 aliphatic heterocycles. The molecule has 9 heteroatoms. The van der Waals surface area contributed by atoms with E-state index in [2.05, 4.69) is 22.4 Å². The number of nitrogens with zero attached hydrogens (tertiary/aromatic N) is 2. The lowest BCUT2D eigenvalue weighted by Crippen LogP contribution is -2.53. The van der Waals surface area contributed by atoms with Gasteiger partial charge in [0.05, 0.1) is 4.90 Å². The molecular weight excluding hydrogens is 468 g/mol. The number of sulfonamides is 1. The van der Waals surface area contributed by atoms with E-state index in [0.29, 0.717) is 19.6 Å². The minimum atomic E-state index is -3.54. The van der Waals surface area contributed by atoms with Gasteiger partial charge in [-0.1, -0.05) is 42.5 Å². The molecule has 0 bridgehead atoms. The van der Waals surface area contributed by atoms with Crippen molar-refractivity contribution in [2.45, 2.75) is 10.8 Å². The van der Waals surface area contributed by atoms with Gasteiger partial charge in [-0.15, -0.1) is 11.3 Å². The first-order valence-corrected chi connectivity index (χ1v) is 13.5. The van der Waals surface area contributed by atoms with Crippen LogP contribution in [0.5, 0.6) is 0 Å². The van der Waals surface area contributed by atoms with Crippen LogP contribution in [0.1, 0.15) is 16.4 Å². The highest BCUT2D eigenvalue weighted by atomic mass is 32.2. The summed E-state index contributed by atoms with van der Waals surface area (Å²) in [7, 11) is -3.54. The first kappa shape index (κ1) is 22.6. The summed E-state index contributed by atoms with van der Waals surface area (Å²) in [5, 5.41) is 6.29. The highest BCUT2D eigenvalue weighted by molar-refractivity contribution is 7.89. The van der Waals surface area contributed by atoms with E-state index in [1.165, 1.54) is 9.18 Å². The number of piperazine rings is 1. The van der Waals surface area contributed by atoms with Crippen molar-refractivity contribution in [2.24, 2.45) is 0 Å². The van der Waals surface area contributed by atoms with Crippen molar-refractivity contribution in [2.75, 3.05) is 32.7 Å². The highest BCUT2D eigenvalue weighted by Gasteiger charge is 2.30. The van der Waals surface area contributed by atoms with E-state index in [1.807, 2.05) is 35.8 Å². The molecular formula is C25H26N4O3S2. The third-order valence-electron chi connectivity index (χ3n) is 6.25. The van der Waals surface area contributed by atoms with Crippen molar-refractivity contribution in [1.82, 2.24) is 19.5 Å². The van der Waals surface area contributed by atoms with Gasteiger partial charge in [-0.3, -0.25) is 0 Å². The number of aromatic nitrogens is 1. The van der Waals surface area contributed by atoms with Crippen molar-refractivity contribution in [3.63, 3.8) is 0 Å². The van der Waals surface area contributed by atoms with Crippen LogP contribution in [0.25, 0.3) is 10.9 Å². The molecule has 5 rings (SSSR count). The molecule has 1 saturated heterocycles. The zero-order valence-corrected chi connectivity index (χ0v) is 20.2. The van der Waals surface area contributed by atoms with Crippen LogP contribution in [0.2, 0.25) is 0 Å². The molecule has 1 aliphatic rings. The number of nitrogens with one attached hydrogen (secondary N) is 2. The number of aromatic amines is 1. The number of para-hydroxylation sites is 1. The number of hydrogen-bond acceptors (Lipinski definition) is 4. The summed E-state index contributed by atoms with van der Waals surface area (Å²) >= 11 is 1.67. The number of carbonyl (C=O) groups excluding carboxylic acids is 1. The smallest absolute Gasteiger partial charge is 0.317 e. The maximum Gasteiger partial charge on any atom is 0.317 e. The summed E-state index contributed by atoms with van der Waals surface area (Å²) in [4.78, 5) is 19.5. The predicted octanol–water partition coefficient (Wildman–Crippen LogP) is 4.08. The highest BCUT2D eigenvalue weighted by Crippen LogP contribution is 2.32. The molecule has 0 aliphatic carbocycles. The van der Waals surface area contributed by atoms with E-state index in [-0.39, 0.29) is 29.9 Å². The standard InChI is InChI=1S/C25H26N4O3S2/c30-25(28-12-14-29(15-13-28)34(31,32)19-7-2-1-3-8-19)27-18-22(24-11-6-16-33-24)21-17-26-23-10-5-4-9-20(21)23/h1-11,16-17,22,26H,12-15,18H2,(H,27,30). The van der Waals surface area contributed by atoms with Crippen LogP contribution in [0, 0.1) is 0 Å². The van der Waals surface area contributed by atoms with Gasteiger partial charge in [0.2, 0.25) is 10.0 Å². The lowest BCUT2D eigenvalue weighted by Gasteiger charge is -2.34. The number of thiophene rings is 1. The second-order valence-corrected chi connectivity index (χ2v) is 11.2. The van der Waals surface area contributed by atoms with Gasteiger partial charge in [-0.25, -0.2) is 13.2 Å². The Bertz CT molecular complexity index is 1360. The molecule has 1 atom stereocenters. The molecule has 176 valence electrons. The lowest BCUT2D eigenvalue weighted by molar-refractivity contribution is 0.172. The normalized spacial score (nSPS) is 15.9. The second-order valence-electron chi connectivity index (χ2n) is 8.25. The Labute approximate surface area is 203 Å². The van der Waals surface area contributed by atoms with Gasteiger partial charge in [-0.2, -0.15) is 4.31 Å². The van der Waals surface area contributed by atoms with Gasteiger partial charge in [0.15, 0.2) is 0 Å². The van der Waals surface area contributed by atoms with Gasteiger partial charge in [-0.05, 0) is 35.2 Å². The maximum absolute atomic E-state index is 13.0. The van der Waals surface area contributed by atoms with Crippen LogP contribution >= 0.6 is 11.3 Å². The molecule has 3 heterocycles. The topological polar surface area (TPSA) is 85.5 Å². The quantitative estimate of drug-likeness (QED) is 0.424. The SMILES string of the molecule is O=C(NCC(c1cccs1)c1c[nH]c2ccccc12)N1CCN(S(=O)(=O)c2ccccc2)CC1. The van der Waals surface area contributed by atoms with E-state index >= 15 is 0 Å².